The van der Waals surface area contributed by atoms with Crippen molar-refractivity contribution in [1.29, 1.82) is 0 Å². The van der Waals surface area contributed by atoms with Crippen molar-refractivity contribution in [2.75, 3.05) is 40.0 Å². The Bertz CT molecular complexity index is 446. The fourth-order valence-electron chi connectivity index (χ4n) is 2.05. The van der Waals surface area contributed by atoms with Crippen molar-refractivity contribution in [3.63, 3.8) is 0 Å². The monoisotopic (exact) mass is 335 g/mol. The molecule has 5 heteroatoms. The summed E-state index contributed by atoms with van der Waals surface area (Å²) >= 11 is 0. The van der Waals surface area contributed by atoms with Crippen molar-refractivity contribution >= 4 is 5.96 Å². The van der Waals surface area contributed by atoms with Crippen LogP contribution in [0.5, 0.6) is 0 Å². The molecule has 2 N–H and O–H groups in total. The summed E-state index contributed by atoms with van der Waals surface area (Å²) in [5.41, 5.74) is 2.50. The van der Waals surface area contributed by atoms with Crippen molar-refractivity contribution in [3.8, 4) is 0 Å². The molecular weight excluding hydrogens is 302 g/mol. The van der Waals surface area contributed by atoms with Crippen molar-refractivity contribution in [3.05, 3.63) is 35.4 Å². The molecule has 0 radical (unpaired) electrons. The van der Waals surface area contributed by atoms with Crippen LogP contribution in [0.2, 0.25) is 0 Å². The molecule has 0 aliphatic carbocycles. The molecule has 1 rings (SSSR count). The standard InChI is InChI=1S/C19H33N3O2/c1-4-5-11-20-19(21-12-6-13-24-15-14-23-3)22-16-18-9-7-17(2)8-10-18/h7-10H,4-6,11-16H2,1-3H3,(H2,20,21,22). The Morgan fingerprint density at radius 3 is 2.38 bits per heavy atom. The van der Waals surface area contributed by atoms with Gasteiger partial charge in [-0.05, 0) is 25.3 Å². The Morgan fingerprint density at radius 2 is 1.71 bits per heavy atom. The van der Waals surface area contributed by atoms with Gasteiger partial charge in [-0.3, -0.25) is 0 Å². The average molecular weight is 335 g/mol. The minimum absolute atomic E-state index is 0.648. The lowest BCUT2D eigenvalue weighted by Gasteiger charge is -2.12. The van der Waals surface area contributed by atoms with Gasteiger partial charge in [-0.1, -0.05) is 43.2 Å². The van der Waals surface area contributed by atoms with E-state index >= 15 is 0 Å². The summed E-state index contributed by atoms with van der Waals surface area (Å²) in [5, 5.41) is 6.77. The lowest BCUT2D eigenvalue weighted by molar-refractivity contribution is 0.0698. The van der Waals surface area contributed by atoms with Gasteiger partial charge in [0.1, 0.15) is 0 Å². The molecule has 0 aromatic heterocycles. The quantitative estimate of drug-likeness (QED) is 0.350. The number of nitrogens with one attached hydrogen (secondary N) is 2. The number of aryl methyl sites for hydroxylation is 1. The maximum absolute atomic E-state index is 5.47. The number of methoxy groups -OCH3 is 1. The summed E-state index contributed by atoms with van der Waals surface area (Å²) in [6.07, 6.45) is 3.26. The molecule has 1 aromatic rings. The summed E-state index contributed by atoms with van der Waals surface area (Å²) in [7, 11) is 1.68. The maximum atomic E-state index is 5.47. The zero-order valence-electron chi connectivity index (χ0n) is 15.4. The second-order valence-electron chi connectivity index (χ2n) is 5.82. The Hall–Kier alpha value is -1.59. The largest absolute Gasteiger partial charge is 0.382 e. The number of nitrogens with zero attached hydrogens (tertiary/aromatic N) is 1. The van der Waals surface area contributed by atoms with Crippen LogP contribution in [0.1, 0.15) is 37.3 Å². The van der Waals surface area contributed by atoms with E-state index < -0.39 is 0 Å². The fraction of sp³-hybridized carbons (Fsp3) is 0.632. The predicted octanol–water partition coefficient (Wildman–Crippen LogP) is 2.88. The highest BCUT2D eigenvalue weighted by atomic mass is 16.5. The number of hydrogen-bond donors (Lipinski definition) is 2. The Morgan fingerprint density at radius 1 is 1.00 bits per heavy atom. The summed E-state index contributed by atoms with van der Waals surface area (Å²) in [6, 6.07) is 8.51. The summed E-state index contributed by atoms with van der Waals surface area (Å²) in [4.78, 5) is 4.68. The molecule has 5 nitrogen and oxygen atoms in total. The van der Waals surface area contributed by atoms with Crippen LogP contribution in [-0.4, -0.2) is 46.0 Å². The van der Waals surface area contributed by atoms with E-state index in [2.05, 4.69) is 53.7 Å². The molecule has 0 aliphatic rings. The first kappa shape index (κ1) is 20.5. The molecule has 0 atom stereocenters. The van der Waals surface area contributed by atoms with E-state index in [9.17, 15) is 0 Å². The lowest BCUT2D eigenvalue weighted by atomic mass is 10.1. The minimum Gasteiger partial charge on any atom is -0.382 e. The van der Waals surface area contributed by atoms with Crippen LogP contribution >= 0.6 is 0 Å². The molecule has 1 aromatic carbocycles. The Kier molecular flexibility index (Phi) is 11.8. The summed E-state index contributed by atoms with van der Waals surface area (Å²) in [6.45, 7) is 8.80. The average Bonchev–Trinajstić information content (AvgIpc) is 2.59. The van der Waals surface area contributed by atoms with Crippen LogP contribution in [0.25, 0.3) is 0 Å². The molecule has 136 valence electrons. The molecule has 0 saturated heterocycles. The van der Waals surface area contributed by atoms with Crippen LogP contribution in [0.4, 0.5) is 0 Å². The third-order valence-corrected chi connectivity index (χ3v) is 3.55. The van der Waals surface area contributed by atoms with Crippen molar-refractivity contribution < 1.29 is 9.47 Å². The molecular formula is C19H33N3O2. The van der Waals surface area contributed by atoms with Gasteiger partial charge in [0.15, 0.2) is 5.96 Å². The molecule has 0 spiro atoms. The predicted molar refractivity (Wildman–Crippen MR) is 101 cm³/mol. The second-order valence-corrected chi connectivity index (χ2v) is 5.82. The first-order valence-corrected chi connectivity index (χ1v) is 8.90. The van der Waals surface area contributed by atoms with Gasteiger partial charge in [0.25, 0.3) is 0 Å². The number of rotatable bonds is 12. The smallest absolute Gasteiger partial charge is 0.191 e. The van der Waals surface area contributed by atoms with Gasteiger partial charge in [0.2, 0.25) is 0 Å². The summed E-state index contributed by atoms with van der Waals surface area (Å²) < 4.78 is 10.4. The van der Waals surface area contributed by atoms with Crippen LogP contribution in [0.15, 0.2) is 29.3 Å². The van der Waals surface area contributed by atoms with E-state index in [0.717, 1.165) is 38.5 Å². The molecule has 0 bridgehead atoms. The third-order valence-electron chi connectivity index (χ3n) is 3.55. The number of benzene rings is 1. The summed E-state index contributed by atoms with van der Waals surface area (Å²) in [5.74, 6) is 0.876. The molecule has 0 fully saturated rings. The fourth-order valence-corrected chi connectivity index (χ4v) is 2.05. The van der Waals surface area contributed by atoms with Crippen LogP contribution < -0.4 is 10.6 Å². The van der Waals surface area contributed by atoms with Gasteiger partial charge >= 0.3 is 0 Å². The van der Waals surface area contributed by atoms with Gasteiger partial charge in [-0.15, -0.1) is 0 Å². The van der Waals surface area contributed by atoms with E-state index in [0.29, 0.717) is 19.8 Å². The van der Waals surface area contributed by atoms with Crippen molar-refractivity contribution in [1.82, 2.24) is 10.6 Å². The van der Waals surface area contributed by atoms with E-state index in [-0.39, 0.29) is 0 Å². The highest BCUT2D eigenvalue weighted by molar-refractivity contribution is 5.79. The Balaban J connectivity index is 2.35. The number of unbranched alkanes of at least 4 members (excludes halogenated alkanes) is 1. The van der Waals surface area contributed by atoms with Gasteiger partial charge in [-0.2, -0.15) is 0 Å². The SMILES string of the molecule is CCCCNC(=NCc1ccc(C)cc1)NCCCOCCOC. The molecule has 0 saturated carbocycles. The second kappa shape index (κ2) is 13.8. The van der Waals surface area contributed by atoms with E-state index in [1.54, 1.807) is 7.11 Å². The topological polar surface area (TPSA) is 54.9 Å². The molecule has 0 aliphatic heterocycles. The number of aliphatic imine (C=N–C) groups is 1. The molecule has 0 amide bonds. The highest BCUT2D eigenvalue weighted by Crippen LogP contribution is 2.04. The first-order valence-electron chi connectivity index (χ1n) is 8.90. The minimum atomic E-state index is 0.648. The van der Waals surface area contributed by atoms with E-state index in [1.165, 1.54) is 17.5 Å². The highest BCUT2D eigenvalue weighted by Gasteiger charge is 1.99. The van der Waals surface area contributed by atoms with Crippen molar-refractivity contribution in [2.45, 2.75) is 39.7 Å². The van der Waals surface area contributed by atoms with Gasteiger partial charge in [-0.25, -0.2) is 4.99 Å². The number of hydrogen-bond acceptors (Lipinski definition) is 3. The van der Waals surface area contributed by atoms with Gasteiger partial charge in [0, 0.05) is 26.8 Å². The van der Waals surface area contributed by atoms with E-state index in [1.807, 2.05) is 0 Å². The van der Waals surface area contributed by atoms with Gasteiger partial charge in [0.05, 0.1) is 19.8 Å². The molecule has 0 unspecified atom stereocenters. The van der Waals surface area contributed by atoms with Crippen LogP contribution in [0, 0.1) is 6.92 Å². The lowest BCUT2D eigenvalue weighted by Crippen LogP contribution is -2.38. The van der Waals surface area contributed by atoms with Gasteiger partial charge < -0.3 is 20.1 Å². The zero-order chi connectivity index (χ0) is 17.5. The normalized spacial score (nSPS) is 11.5. The number of ether oxygens (including phenoxy) is 2. The van der Waals surface area contributed by atoms with E-state index in [4.69, 9.17) is 9.47 Å². The Labute approximate surface area is 146 Å². The maximum Gasteiger partial charge on any atom is 0.191 e. The number of guanidine groups is 1. The van der Waals surface area contributed by atoms with Crippen molar-refractivity contribution in [2.24, 2.45) is 4.99 Å². The first-order chi connectivity index (χ1) is 11.8. The van der Waals surface area contributed by atoms with Crippen LogP contribution in [0.3, 0.4) is 0 Å². The van der Waals surface area contributed by atoms with Crippen LogP contribution in [-0.2, 0) is 16.0 Å². The zero-order valence-corrected chi connectivity index (χ0v) is 15.4. The third kappa shape index (κ3) is 10.2. The molecule has 0 heterocycles. The molecule has 24 heavy (non-hydrogen) atoms.